The van der Waals surface area contributed by atoms with Gasteiger partial charge in [0.05, 0.1) is 16.7 Å². The van der Waals surface area contributed by atoms with Gasteiger partial charge in [0.15, 0.2) is 0 Å². The molecule has 4 rings (SSSR count). The van der Waals surface area contributed by atoms with Gasteiger partial charge in [0, 0.05) is 16.6 Å². The van der Waals surface area contributed by atoms with Gasteiger partial charge in [-0.1, -0.05) is 52.3 Å². The molecule has 1 atom stereocenters. The second-order valence-electron chi connectivity index (χ2n) is 6.66. The number of hydrogen-bond donors (Lipinski definition) is 1. The molecule has 0 radical (unpaired) electrons. The molecule has 3 aromatic carbocycles. The van der Waals surface area contributed by atoms with Crippen LogP contribution in [-0.4, -0.2) is 28.7 Å². The summed E-state index contributed by atoms with van der Waals surface area (Å²) < 4.78 is 0.793. The first-order valence-corrected chi connectivity index (χ1v) is 10.9. The van der Waals surface area contributed by atoms with Crippen molar-refractivity contribution in [1.82, 2.24) is 0 Å². The normalized spacial score (nSPS) is 16.4. The highest BCUT2D eigenvalue weighted by molar-refractivity contribution is 9.10. The Balaban J connectivity index is 1.37. The third-order valence-electron chi connectivity index (χ3n) is 4.62. The number of halogens is 1. The summed E-state index contributed by atoms with van der Waals surface area (Å²) in [5, 5.41) is 4.45. The van der Waals surface area contributed by atoms with Gasteiger partial charge in [0.25, 0.3) is 0 Å². The first-order chi connectivity index (χ1) is 14.0. The molecule has 1 fully saturated rings. The Labute approximate surface area is 180 Å². The Morgan fingerprint density at radius 2 is 1.83 bits per heavy atom. The molecule has 0 aromatic heterocycles. The molecule has 3 amide bonds. The largest absolute Gasteiger partial charge is 0.325 e. The van der Waals surface area contributed by atoms with Crippen LogP contribution >= 0.6 is 27.7 Å². The summed E-state index contributed by atoms with van der Waals surface area (Å²) in [6, 6.07) is 20.7. The van der Waals surface area contributed by atoms with Crippen LogP contribution < -0.4 is 10.2 Å². The predicted molar refractivity (Wildman–Crippen MR) is 120 cm³/mol. The third-order valence-corrected chi connectivity index (χ3v) is 6.31. The zero-order chi connectivity index (χ0) is 20.4. The molecule has 29 heavy (non-hydrogen) atoms. The number of imide groups is 1. The van der Waals surface area contributed by atoms with Gasteiger partial charge in [-0.15, -0.1) is 11.8 Å². The maximum absolute atomic E-state index is 12.7. The summed E-state index contributed by atoms with van der Waals surface area (Å²) in [7, 11) is 0. The van der Waals surface area contributed by atoms with Crippen molar-refractivity contribution in [2.45, 2.75) is 11.7 Å². The summed E-state index contributed by atoms with van der Waals surface area (Å²) in [5.41, 5.74) is 1.25. The SMILES string of the molecule is O=C(CSC1CC(=O)N(c2cccc(Br)c2)C1=O)Nc1ccc2ccccc2c1. The van der Waals surface area contributed by atoms with Crippen LogP contribution in [0.3, 0.4) is 0 Å². The quantitative estimate of drug-likeness (QED) is 0.555. The van der Waals surface area contributed by atoms with E-state index in [9.17, 15) is 14.4 Å². The molecule has 0 aliphatic carbocycles. The van der Waals surface area contributed by atoms with Gasteiger partial charge in [-0.05, 0) is 41.1 Å². The molecule has 1 aliphatic heterocycles. The monoisotopic (exact) mass is 468 g/mol. The fourth-order valence-corrected chi connectivity index (χ4v) is 4.58. The van der Waals surface area contributed by atoms with Crippen molar-refractivity contribution >= 4 is 67.6 Å². The van der Waals surface area contributed by atoms with Crippen molar-refractivity contribution in [2.24, 2.45) is 0 Å². The number of nitrogens with zero attached hydrogens (tertiary/aromatic N) is 1. The number of fused-ring (bicyclic) bond motifs is 1. The summed E-state index contributed by atoms with van der Waals surface area (Å²) in [5.74, 6) is -0.633. The maximum Gasteiger partial charge on any atom is 0.247 e. The number of amides is 3. The molecule has 3 aromatic rings. The number of nitrogens with one attached hydrogen (secondary N) is 1. The van der Waals surface area contributed by atoms with E-state index in [0.29, 0.717) is 11.4 Å². The lowest BCUT2D eigenvalue weighted by atomic mass is 10.1. The van der Waals surface area contributed by atoms with Crippen LogP contribution in [0, 0.1) is 0 Å². The molecule has 1 aliphatic rings. The fraction of sp³-hybridized carbons (Fsp3) is 0.136. The Morgan fingerprint density at radius 3 is 2.62 bits per heavy atom. The molecule has 1 unspecified atom stereocenters. The van der Waals surface area contributed by atoms with Crippen LogP contribution in [0.15, 0.2) is 71.2 Å². The Kier molecular flexibility index (Phi) is 5.69. The number of hydrogen-bond acceptors (Lipinski definition) is 4. The van der Waals surface area contributed by atoms with Crippen LogP contribution in [0.4, 0.5) is 11.4 Å². The number of anilines is 2. The highest BCUT2D eigenvalue weighted by atomic mass is 79.9. The van der Waals surface area contributed by atoms with Crippen LogP contribution in [0.25, 0.3) is 10.8 Å². The number of thioether (sulfide) groups is 1. The van der Waals surface area contributed by atoms with Crippen molar-refractivity contribution in [2.75, 3.05) is 16.0 Å². The maximum atomic E-state index is 12.7. The molecular weight excluding hydrogens is 452 g/mol. The number of benzene rings is 3. The lowest BCUT2D eigenvalue weighted by molar-refractivity contribution is -0.121. The van der Waals surface area contributed by atoms with Crippen molar-refractivity contribution in [1.29, 1.82) is 0 Å². The Bertz CT molecular complexity index is 1120. The van der Waals surface area contributed by atoms with Crippen LogP contribution in [0.5, 0.6) is 0 Å². The molecule has 5 nitrogen and oxygen atoms in total. The number of rotatable bonds is 5. The van der Waals surface area contributed by atoms with E-state index in [1.807, 2.05) is 48.5 Å². The zero-order valence-corrected chi connectivity index (χ0v) is 17.7. The first-order valence-electron chi connectivity index (χ1n) is 9.04. The molecule has 0 bridgehead atoms. The Morgan fingerprint density at radius 1 is 1.03 bits per heavy atom. The van der Waals surface area contributed by atoms with E-state index in [1.165, 1.54) is 16.7 Å². The van der Waals surface area contributed by atoms with Crippen LogP contribution in [0.2, 0.25) is 0 Å². The van der Waals surface area contributed by atoms with E-state index < -0.39 is 5.25 Å². The van der Waals surface area contributed by atoms with Crippen molar-refractivity contribution in [3.63, 3.8) is 0 Å². The summed E-state index contributed by atoms with van der Waals surface area (Å²) >= 11 is 4.55. The molecule has 7 heteroatoms. The van der Waals surface area contributed by atoms with Crippen LogP contribution in [-0.2, 0) is 14.4 Å². The van der Waals surface area contributed by atoms with E-state index in [4.69, 9.17) is 0 Å². The van der Waals surface area contributed by atoms with Gasteiger partial charge in [-0.25, -0.2) is 4.90 Å². The van der Waals surface area contributed by atoms with E-state index >= 15 is 0 Å². The predicted octanol–water partition coefficient (Wildman–Crippen LogP) is 4.61. The smallest absolute Gasteiger partial charge is 0.247 e. The summed E-state index contributed by atoms with van der Waals surface area (Å²) in [4.78, 5) is 38.6. The lowest BCUT2D eigenvalue weighted by Gasteiger charge is -2.15. The van der Waals surface area contributed by atoms with Gasteiger partial charge in [-0.2, -0.15) is 0 Å². The standard InChI is InChI=1S/C22H17BrN2O3S/c23-16-6-3-7-18(11-16)25-21(27)12-19(22(25)28)29-13-20(26)24-17-9-8-14-4-1-2-5-15(14)10-17/h1-11,19H,12-13H2,(H,24,26). The molecule has 0 spiro atoms. The minimum Gasteiger partial charge on any atom is -0.325 e. The van der Waals surface area contributed by atoms with Crippen LogP contribution in [0.1, 0.15) is 6.42 Å². The molecule has 1 heterocycles. The van der Waals surface area contributed by atoms with Crippen molar-refractivity contribution in [3.8, 4) is 0 Å². The summed E-state index contributed by atoms with van der Waals surface area (Å²) in [6.45, 7) is 0. The molecule has 1 N–H and O–H groups in total. The van der Waals surface area contributed by atoms with Crippen molar-refractivity contribution in [3.05, 3.63) is 71.2 Å². The van der Waals surface area contributed by atoms with Gasteiger partial charge in [0.1, 0.15) is 0 Å². The second-order valence-corrected chi connectivity index (χ2v) is 8.77. The number of carbonyl (C=O) groups excluding carboxylic acids is 3. The fourth-order valence-electron chi connectivity index (χ4n) is 3.26. The van der Waals surface area contributed by atoms with Crippen molar-refractivity contribution < 1.29 is 14.4 Å². The molecule has 0 saturated carbocycles. The zero-order valence-electron chi connectivity index (χ0n) is 15.3. The topological polar surface area (TPSA) is 66.5 Å². The average Bonchev–Trinajstić information content (AvgIpc) is 2.99. The highest BCUT2D eigenvalue weighted by Crippen LogP contribution is 2.31. The summed E-state index contributed by atoms with van der Waals surface area (Å²) in [6.07, 6.45) is 0.0965. The molecule has 146 valence electrons. The van der Waals surface area contributed by atoms with E-state index in [-0.39, 0.29) is 29.9 Å². The van der Waals surface area contributed by atoms with Gasteiger partial charge in [-0.3, -0.25) is 14.4 Å². The second kappa shape index (κ2) is 8.39. The van der Waals surface area contributed by atoms with E-state index in [0.717, 1.165) is 15.2 Å². The van der Waals surface area contributed by atoms with E-state index in [2.05, 4.69) is 21.2 Å². The van der Waals surface area contributed by atoms with E-state index in [1.54, 1.807) is 18.2 Å². The first kappa shape index (κ1) is 19.7. The minimum absolute atomic E-state index is 0.0965. The minimum atomic E-state index is -0.552. The highest BCUT2D eigenvalue weighted by Gasteiger charge is 2.40. The third kappa shape index (κ3) is 4.36. The Hall–Kier alpha value is -2.64. The molecular formula is C22H17BrN2O3S. The lowest BCUT2D eigenvalue weighted by Crippen LogP contribution is -2.31. The van der Waals surface area contributed by atoms with Gasteiger partial charge >= 0.3 is 0 Å². The number of carbonyl (C=O) groups is 3. The van der Waals surface area contributed by atoms with Gasteiger partial charge in [0.2, 0.25) is 17.7 Å². The van der Waals surface area contributed by atoms with Gasteiger partial charge < -0.3 is 5.32 Å². The average molecular weight is 469 g/mol. The molecule has 1 saturated heterocycles.